The second-order valence-electron chi connectivity index (χ2n) is 7.24. The van der Waals surface area contributed by atoms with Gasteiger partial charge in [0.2, 0.25) is 12.5 Å². The number of nitrogens with zero attached hydrogens (tertiary/aromatic N) is 1. The summed E-state index contributed by atoms with van der Waals surface area (Å²) in [6.45, 7) is 5.13. The minimum Gasteiger partial charge on any atom is -0.493 e. The number of hydrogen-bond acceptors (Lipinski definition) is 6. The van der Waals surface area contributed by atoms with E-state index < -0.39 is 0 Å². The summed E-state index contributed by atoms with van der Waals surface area (Å²) in [6, 6.07) is 7.92. The van der Waals surface area contributed by atoms with Crippen LogP contribution in [-0.2, 0) is 6.42 Å². The minimum absolute atomic E-state index is 0.252. The lowest BCUT2D eigenvalue weighted by atomic mass is 9.92. The highest BCUT2D eigenvalue weighted by Crippen LogP contribution is 2.41. The Morgan fingerprint density at radius 1 is 1.00 bits per heavy atom. The molecule has 2 aliphatic rings. The number of hydrogen-bond donors (Lipinski definition) is 0. The molecule has 0 atom stereocenters. The van der Waals surface area contributed by atoms with Crippen molar-refractivity contribution in [1.29, 1.82) is 0 Å². The number of fused-ring (bicyclic) bond motifs is 2. The van der Waals surface area contributed by atoms with Gasteiger partial charge >= 0.3 is 0 Å². The molecule has 2 aliphatic heterocycles. The first-order valence-electron chi connectivity index (χ1n) is 9.67. The summed E-state index contributed by atoms with van der Waals surface area (Å²) in [5.74, 6) is 3.63. The number of ether oxygens (including phenoxy) is 5. The van der Waals surface area contributed by atoms with Gasteiger partial charge in [-0.1, -0.05) is 13.8 Å². The number of aliphatic imine (C=N–C) groups is 1. The fourth-order valence-corrected chi connectivity index (χ4v) is 3.43. The number of methoxy groups -OCH3 is 2. The lowest BCUT2D eigenvalue weighted by molar-refractivity contribution is 0.174. The molecule has 2 aromatic carbocycles. The molecule has 6 nitrogen and oxygen atoms in total. The van der Waals surface area contributed by atoms with Crippen molar-refractivity contribution in [2.24, 2.45) is 10.9 Å². The van der Waals surface area contributed by atoms with Crippen molar-refractivity contribution in [3.8, 4) is 28.7 Å². The van der Waals surface area contributed by atoms with Gasteiger partial charge in [0.15, 0.2) is 23.0 Å². The molecule has 0 N–H and O–H groups in total. The van der Waals surface area contributed by atoms with Crippen LogP contribution in [0.1, 0.15) is 30.5 Å². The summed E-state index contributed by atoms with van der Waals surface area (Å²) in [7, 11) is 3.23. The Morgan fingerprint density at radius 2 is 1.69 bits per heavy atom. The van der Waals surface area contributed by atoms with Crippen molar-refractivity contribution in [3.05, 3.63) is 53.3 Å². The predicted molar refractivity (Wildman–Crippen MR) is 111 cm³/mol. The highest BCUT2D eigenvalue weighted by atomic mass is 16.7. The molecule has 2 heterocycles. The van der Waals surface area contributed by atoms with Crippen molar-refractivity contribution >= 4 is 5.71 Å². The SMILES string of the molecule is COc1cc(C2=NCCc3cc4c(cc32)OCO4)cc(OC)c1OC=CC(C)C. The van der Waals surface area contributed by atoms with Crippen molar-refractivity contribution < 1.29 is 23.7 Å². The molecule has 0 saturated carbocycles. The first kappa shape index (κ1) is 19.2. The molecule has 0 aliphatic carbocycles. The molecule has 29 heavy (non-hydrogen) atoms. The summed E-state index contributed by atoms with van der Waals surface area (Å²) in [5, 5.41) is 0. The van der Waals surface area contributed by atoms with Gasteiger partial charge in [0.25, 0.3) is 0 Å². The van der Waals surface area contributed by atoms with E-state index in [2.05, 4.69) is 19.9 Å². The molecule has 0 amide bonds. The molecule has 4 rings (SSSR count). The molecule has 152 valence electrons. The average molecular weight is 395 g/mol. The third-order valence-electron chi connectivity index (χ3n) is 4.89. The Hall–Kier alpha value is -3.15. The molecule has 0 bridgehead atoms. The fraction of sp³-hybridized carbons (Fsp3) is 0.348. The number of rotatable bonds is 6. The Labute approximate surface area is 170 Å². The molecular weight excluding hydrogens is 370 g/mol. The summed E-state index contributed by atoms with van der Waals surface area (Å²) in [4.78, 5) is 4.79. The first-order chi connectivity index (χ1) is 14.1. The lowest BCUT2D eigenvalue weighted by Crippen LogP contribution is -2.14. The zero-order valence-corrected chi connectivity index (χ0v) is 17.2. The quantitative estimate of drug-likeness (QED) is 0.680. The third-order valence-corrected chi connectivity index (χ3v) is 4.89. The topological polar surface area (TPSA) is 58.5 Å². The zero-order chi connectivity index (χ0) is 20.4. The smallest absolute Gasteiger partial charge is 0.231 e. The largest absolute Gasteiger partial charge is 0.493 e. The maximum atomic E-state index is 5.83. The molecular formula is C23H25NO5. The first-order valence-corrected chi connectivity index (χ1v) is 9.67. The van der Waals surface area contributed by atoms with Gasteiger partial charge < -0.3 is 23.7 Å². The molecule has 0 aromatic heterocycles. The molecule has 0 spiro atoms. The average Bonchev–Trinajstić information content (AvgIpc) is 3.18. The third kappa shape index (κ3) is 3.75. The van der Waals surface area contributed by atoms with E-state index in [-0.39, 0.29) is 6.79 Å². The van der Waals surface area contributed by atoms with Crippen LogP contribution in [0.4, 0.5) is 0 Å². The molecule has 6 heteroatoms. The van der Waals surface area contributed by atoms with Crippen molar-refractivity contribution in [2.75, 3.05) is 27.6 Å². The van der Waals surface area contributed by atoms with Gasteiger partial charge in [0.05, 0.1) is 26.2 Å². The monoisotopic (exact) mass is 395 g/mol. The minimum atomic E-state index is 0.252. The fourth-order valence-electron chi connectivity index (χ4n) is 3.43. The molecule has 0 radical (unpaired) electrons. The van der Waals surface area contributed by atoms with Crippen molar-refractivity contribution in [1.82, 2.24) is 0 Å². The van der Waals surface area contributed by atoms with E-state index in [1.54, 1.807) is 20.5 Å². The molecule has 0 unspecified atom stereocenters. The van der Waals surface area contributed by atoms with Gasteiger partial charge in [0, 0.05) is 17.7 Å². The van der Waals surface area contributed by atoms with Gasteiger partial charge in [-0.15, -0.1) is 0 Å². The van der Waals surface area contributed by atoms with E-state index in [0.717, 1.165) is 34.8 Å². The maximum Gasteiger partial charge on any atom is 0.231 e. The Bertz CT molecular complexity index is 952. The van der Waals surface area contributed by atoms with Crippen molar-refractivity contribution in [2.45, 2.75) is 20.3 Å². The summed E-state index contributed by atoms with van der Waals surface area (Å²) in [6.07, 6.45) is 4.50. The maximum absolute atomic E-state index is 5.83. The van der Waals surface area contributed by atoms with Crippen LogP contribution in [0.25, 0.3) is 0 Å². The molecule has 0 saturated heterocycles. The highest BCUT2D eigenvalue weighted by molar-refractivity contribution is 6.15. The van der Waals surface area contributed by atoms with Crippen LogP contribution in [-0.4, -0.2) is 33.3 Å². The van der Waals surface area contributed by atoms with Gasteiger partial charge in [-0.25, -0.2) is 0 Å². The van der Waals surface area contributed by atoms with E-state index in [9.17, 15) is 0 Å². The highest BCUT2D eigenvalue weighted by Gasteiger charge is 2.24. The van der Waals surface area contributed by atoms with Crippen LogP contribution in [0.5, 0.6) is 28.7 Å². The summed E-state index contributed by atoms with van der Waals surface area (Å²) >= 11 is 0. The van der Waals surface area contributed by atoms with E-state index in [1.165, 1.54) is 5.56 Å². The summed E-state index contributed by atoms with van der Waals surface area (Å²) < 4.78 is 28.1. The standard InChI is InChI=1S/C23H25NO5/c1-14(2)6-8-27-23-20(25-3)10-16(11-21(23)26-4)22-17-12-19-18(28-13-29-19)9-15(17)5-7-24-22/h6,8-12,14H,5,7,13H2,1-4H3. The molecule has 2 aromatic rings. The predicted octanol–water partition coefficient (Wildman–Crippen LogP) is 4.37. The van der Waals surface area contributed by atoms with E-state index in [0.29, 0.717) is 29.7 Å². The van der Waals surface area contributed by atoms with Crippen LogP contribution in [0, 0.1) is 5.92 Å². The van der Waals surface area contributed by atoms with Crippen LogP contribution in [0.3, 0.4) is 0 Å². The zero-order valence-electron chi connectivity index (χ0n) is 17.2. The Balaban J connectivity index is 1.75. The number of allylic oxidation sites excluding steroid dienone is 1. The Kier molecular flexibility index (Phi) is 5.34. The van der Waals surface area contributed by atoms with Crippen LogP contribution in [0.15, 0.2) is 41.6 Å². The van der Waals surface area contributed by atoms with Crippen LogP contribution >= 0.6 is 0 Å². The van der Waals surface area contributed by atoms with Gasteiger partial charge in [-0.05, 0) is 48.2 Å². The summed E-state index contributed by atoms with van der Waals surface area (Å²) in [5.41, 5.74) is 4.01. The van der Waals surface area contributed by atoms with Gasteiger partial charge in [0.1, 0.15) is 0 Å². The Morgan fingerprint density at radius 3 is 2.34 bits per heavy atom. The van der Waals surface area contributed by atoms with Gasteiger partial charge in [-0.2, -0.15) is 0 Å². The number of benzene rings is 2. The second-order valence-corrected chi connectivity index (χ2v) is 7.24. The lowest BCUT2D eigenvalue weighted by Gasteiger charge is -2.20. The van der Waals surface area contributed by atoms with Crippen molar-refractivity contribution in [3.63, 3.8) is 0 Å². The van der Waals surface area contributed by atoms with E-state index in [1.807, 2.05) is 24.3 Å². The van der Waals surface area contributed by atoms with Crippen LogP contribution in [0.2, 0.25) is 0 Å². The van der Waals surface area contributed by atoms with Gasteiger partial charge in [-0.3, -0.25) is 4.99 Å². The second kappa shape index (κ2) is 8.07. The normalized spacial score (nSPS) is 14.7. The van der Waals surface area contributed by atoms with Crippen LogP contribution < -0.4 is 23.7 Å². The van der Waals surface area contributed by atoms with E-state index in [4.69, 9.17) is 28.7 Å². The molecule has 0 fully saturated rings. The van der Waals surface area contributed by atoms with E-state index >= 15 is 0 Å².